The zero-order chi connectivity index (χ0) is 17.8. The van der Waals surface area contributed by atoms with Crippen LogP contribution in [0.5, 0.6) is 0 Å². The molecule has 1 N–H and O–H groups in total. The van der Waals surface area contributed by atoms with E-state index in [-0.39, 0.29) is 5.91 Å². The molecule has 136 valence electrons. The second-order valence-corrected chi connectivity index (χ2v) is 8.06. The molecule has 0 bridgehead atoms. The SMILES string of the molecule is Cc1cc(C)c2c(C)c(C(=O)NCCCOC3CCCCC3)sc2n1. The third-order valence-electron chi connectivity index (χ3n) is 4.94. The van der Waals surface area contributed by atoms with E-state index >= 15 is 0 Å². The van der Waals surface area contributed by atoms with E-state index in [0.29, 0.717) is 12.6 Å². The fraction of sp³-hybridized carbons (Fsp3) is 0.600. The van der Waals surface area contributed by atoms with E-state index in [4.69, 9.17) is 4.74 Å². The number of aromatic nitrogens is 1. The van der Waals surface area contributed by atoms with Crippen LogP contribution in [-0.2, 0) is 4.74 Å². The van der Waals surface area contributed by atoms with Crippen LogP contribution in [0.3, 0.4) is 0 Å². The molecule has 1 amide bonds. The van der Waals surface area contributed by atoms with Crippen LogP contribution in [0.25, 0.3) is 10.2 Å². The van der Waals surface area contributed by atoms with Crippen molar-refractivity contribution in [1.29, 1.82) is 0 Å². The summed E-state index contributed by atoms with van der Waals surface area (Å²) >= 11 is 1.49. The number of fused-ring (bicyclic) bond motifs is 1. The molecule has 1 aliphatic rings. The molecule has 0 spiro atoms. The highest BCUT2D eigenvalue weighted by molar-refractivity contribution is 7.20. The number of nitrogens with zero attached hydrogens (tertiary/aromatic N) is 1. The van der Waals surface area contributed by atoms with Crippen molar-refractivity contribution in [3.63, 3.8) is 0 Å². The molecule has 1 aliphatic carbocycles. The van der Waals surface area contributed by atoms with Gasteiger partial charge >= 0.3 is 0 Å². The van der Waals surface area contributed by atoms with E-state index < -0.39 is 0 Å². The van der Waals surface area contributed by atoms with Crippen molar-refractivity contribution < 1.29 is 9.53 Å². The summed E-state index contributed by atoms with van der Waals surface area (Å²) in [5.41, 5.74) is 3.23. The van der Waals surface area contributed by atoms with Gasteiger partial charge in [0.15, 0.2) is 0 Å². The fourth-order valence-corrected chi connectivity index (χ4v) is 4.89. The summed E-state index contributed by atoms with van der Waals surface area (Å²) in [6.45, 7) is 7.49. The maximum absolute atomic E-state index is 12.5. The van der Waals surface area contributed by atoms with Crippen molar-refractivity contribution in [2.45, 2.75) is 65.4 Å². The maximum Gasteiger partial charge on any atom is 0.261 e. The monoisotopic (exact) mass is 360 g/mol. The van der Waals surface area contributed by atoms with Gasteiger partial charge in [-0.1, -0.05) is 19.3 Å². The zero-order valence-corrected chi connectivity index (χ0v) is 16.3. The van der Waals surface area contributed by atoms with Gasteiger partial charge in [-0.3, -0.25) is 4.79 Å². The molecule has 2 heterocycles. The normalized spacial score (nSPS) is 15.6. The van der Waals surface area contributed by atoms with Gasteiger partial charge in [-0.05, 0) is 57.2 Å². The average molecular weight is 361 g/mol. The summed E-state index contributed by atoms with van der Waals surface area (Å²) in [4.78, 5) is 18.8. The third kappa shape index (κ3) is 4.39. The number of hydrogen-bond donors (Lipinski definition) is 1. The van der Waals surface area contributed by atoms with Crippen LogP contribution >= 0.6 is 11.3 Å². The predicted octanol–water partition coefficient (Wildman–Crippen LogP) is 4.69. The molecule has 4 nitrogen and oxygen atoms in total. The van der Waals surface area contributed by atoms with Crippen LogP contribution < -0.4 is 5.32 Å². The van der Waals surface area contributed by atoms with Gasteiger partial charge in [0.1, 0.15) is 4.83 Å². The number of nitrogens with one attached hydrogen (secondary N) is 1. The topological polar surface area (TPSA) is 51.2 Å². The lowest BCUT2D eigenvalue weighted by molar-refractivity contribution is 0.0273. The van der Waals surface area contributed by atoms with Gasteiger partial charge in [0.05, 0.1) is 11.0 Å². The molecule has 2 aromatic heterocycles. The molecule has 1 saturated carbocycles. The standard InChI is InChI=1S/C20H28N2O2S/c1-13-12-14(2)22-20-17(13)15(3)18(25-20)19(23)21-10-7-11-24-16-8-5-4-6-9-16/h12,16H,4-11H2,1-3H3,(H,21,23). The van der Waals surface area contributed by atoms with Crippen LogP contribution in [0.2, 0.25) is 0 Å². The van der Waals surface area contributed by atoms with E-state index in [9.17, 15) is 4.79 Å². The zero-order valence-electron chi connectivity index (χ0n) is 15.5. The Morgan fingerprint density at radius 1 is 1.28 bits per heavy atom. The highest BCUT2D eigenvalue weighted by atomic mass is 32.1. The van der Waals surface area contributed by atoms with Crippen molar-refractivity contribution in [3.05, 3.63) is 27.8 Å². The minimum absolute atomic E-state index is 0.00946. The molecule has 2 aromatic rings. The number of thiophene rings is 1. The number of hydrogen-bond acceptors (Lipinski definition) is 4. The minimum atomic E-state index is 0.00946. The Hall–Kier alpha value is -1.46. The minimum Gasteiger partial charge on any atom is -0.378 e. The van der Waals surface area contributed by atoms with Gasteiger partial charge in [0, 0.05) is 24.2 Å². The van der Waals surface area contributed by atoms with Crippen molar-refractivity contribution >= 4 is 27.5 Å². The van der Waals surface area contributed by atoms with E-state index in [0.717, 1.165) is 39.4 Å². The molecule has 0 aliphatic heterocycles. The number of carbonyl (C=O) groups excluding carboxylic acids is 1. The summed E-state index contributed by atoms with van der Waals surface area (Å²) in [5, 5.41) is 4.16. The van der Waals surface area contributed by atoms with Gasteiger partial charge in [-0.25, -0.2) is 4.98 Å². The van der Waals surface area contributed by atoms with Gasteiger partial charge in [0.2, 0.25) is 0 Å². The Balaban J connectivity index is 1.52. The summed E-state index contributed by atoms with van der Waals surface area (Å²) in [7, 11) is 0. The Morgan fingerprint density at radius 3 is 2.80 bits per heavy atom. The highest BCUT2D eigenvalue weighted by Gasteiger charge is 2.18. The molecule has 0 unspecified atom stereocenters. The Morgan fingerprint density at radius 2 is 2.04 bits per heavy atom. The number of carbonyl (C=O) groups is 1. The molecule has 5 heteroatoms. The Kier molecular flexibility index (Phi) is 6.07. The van der Waals surface area contributed by atoms with E-state index in [1.165, 1.54) is 49.0 Å². The lowest BCUT2D eigenvalue weighted by Crippen LogP contribution is -2.26. The maximum atomic E-state index is 12.5. The van der Waals surface area contributed by atoms with Gasteiger partial charge in [-0.2, -0.15) is 0 Å². The number of ether oxygens (including phenoxy) is 1. The van der Waals surface area contributed by atoms with Crippen molar-refractivity contribution in [3.8, 4) is 0 Å². The van der Waals surface area contributed by atoms with Crippen molar-refractivity contribution in [1.82, 2.24) is 10.3 Å². The molecule has 3 rings (SSSR count). The van der Waals surface area contributed by atoms with Crippen LogP contribution in [-0.4, -0.2) is 30.1 Å². The van der Waals surface area contributed by atoms with Gasteiger partial charge < -0.3 is 10.1 Å². The second kappa shape index (κ2) is 8.28. The highest BCUT2D eigenvalue weighted by Crippen LogP contribution is 2.32. The predicted molar refractivity (Wildman–Crippen MR) is 104 cm³/mol. The van der Waals surface area contributed by atoms with Crippen molar-refractivity contribution in [2.24, 2.45) is 0 Å². The van der Waals surface area contributed by atoms with Crippen LogP contribution in [0, 0.1) is 20.8 Å². The first-order valence-electron chi connectivity index (χ1n) is 9.33. The third-order valence-corrected chi connectivity index (χ3v) is 6.13. The first-order valence-corrected chi connectivity index (χ1v) is 10.1. The second-order valence-electron chi connectivity index (χ2n) is 7.06. The van der Waals surface area contributed by atoms with Crippen LogP contribution in [0.4, 0.5) is 0 Å². The van der Waals surface area contributed by atoms with Crippen molar-refractivity contribution in [2.75, 3.05) is 13.2 Å². The quantitative estimate of drug-likeness (QED) is 0.760. The summed E-state index contributed by atoms with van der Waals surface area (Å²) in [6.07, 6.45) is 7.62. The lowest BCUT2D eigenvalue weighted by atomic mass is 9.98. The number of pyridine rings is 1. The molecular weight excluding hydrogens is 332 g/mol. The molecule has 0 aromatic carbocycles. The molecule has 0 radical (unpaired) electrons. The van der Waals surface area contributed by atoms with E-state index in [1.807, 2.05) is 13.8 Å². The van der Waals surface area contributed by atoms with E-state index in [2.05, 4.69) is 23.3 Å². The lowest BCUT2D eigenvalue weighted by Gasteiger charge is -2.21. The van der Waals surface area contributed by atoms with E-state index in [1.54, 1.807) is 0 Å². The van der Waals surface area contributed by atoms with Gasteiger partial charge in [-0.15, -0.1) is 11.3 Å². The molecule has 1 fully saturated rings. The number of amides is 1. The molecule has 0 saturated heterocycles. The summed E-state index contributed by atoms with van der Waals surface area (Å²) < 4.78 is 5.91. The number of rotatable bonds is 6. The summed E-state index contributed by atoms with van der Waals surface area (Å²) in [5.74, 6) is 0.00946. The summed E-state index contributed by atoms with van der Waals surface area (Å²) in [6, 6.07) is 2.08. The Bertz CT molecular complexity index is 748. The fourth-order valence-electron chi connectivity index (χ4n) is 3.67. The smallest absolute Gasteiger partial charge is 0.261 e. The first kappa shape index (κ1) is 18.3. The number of aryl methyl sites for hydroxylation is 3. The molecule has 0 atom stereocenters. The molecular formula is C20H28N2O2S. The average Bonchev–Trinajstić information content (AvgIpc) is 2.92. The van der Waals surface area contributed by atoms with Crippen LogP contribution in [0.15, 0.2) is 6.07 Å². The molecule has 25 heavy (non-hydrogen) atoms. The first-order chi connectivity index (χ1) is 12.1. The Labute approximate surface area is 154 Å². The largest absolute Gasteiger partial charge is 0.378 e. The van der Waals surface area contributed by atoms with Gasteiger partial charge in [0.25, 0.3) is 5.91 Å². The van der Waals surface area contributed by atoms with Crippen LogP contribution in [0.1, 0.15) is 65.0 Å².